The monoisotopic (exact) mass is 372 g/mol. The van der Waals surface area contributed by atoms with Crippen LogP contribution in [0.4, 0.5) is 4.39 Å². The molecule has 2 aromatic carbocycles. The van der Waals surface area contributed by atoms with Gasteiger partial charge in [-0.25, -0.2) is 4.39 Å². The quantitative estimate of drug-likeness (QED) is 0.805. The molecule has 0 heterocycles. The number of hydrogen-bond donors (Lipinski definition) is 1. The van der Waals surface area contributed by atoms with Gasteiger partial charge < -0.3 is 5.11 Å². The Balaban J connectivity index is 2.47. The van der Waals surface area contributed by atoms with Crippen molar-refractivity contribution in [1.29, 1.82) is 0 Å². The molecule has 0 bridgehead atoms. The van der Waals surface area contributed by atoms with Gasteiger partial charge in [0, 0.05) is 20.1 Å². The van der Waals surface area contributed by atoms with Crippen molar-refractivity contribution in [3.05, 3.63) is 67.9 Å². The van der Waals surface area contributed by atoms with Gasteiger partial charge in [-0.15, -0.1) is 0 Å². The number of rotatable bonds is 2. The summed E-state index contributed by atoms with van der Waals surface area (Å²) in [6.07, 6.45) is -0.988. The van der Waals surface area contributed by atoms with E-state index in [4.69, 9.17) is 0 Å². The molecule has 0 saturated carbocycles. The van der Waals surface area contributed by atoms with Gasteiger partial charge in [-0.1, -0.05) is 44.0 Å². The maximum atomic E-state index is 13.8. The first-order valence-electron chi connectivity index (χ1n) is 5.38. The maximum absolute atomic E-state index is 13.8. The summed E-state index contributed by atoms with van der Waals surface area (Å²) < 4.78 is 15.4. The van der Waals surface area contributed by atoms with E-state index >= 15 is 0 Å². The van der Waals surface area contributed by atoms with Gasteiger partial charge in [-0.05, 0) is 36.8 Å². The number of hydrogen-bond acceptors (Lipinski definition) is 1. The molecule has 0 fully saturated rings. The lowest BCUT2D eigenvalue weighted by Gasteiger charge is -2.15. The number of aliphatic hydroxyl groups is 1. The van der Waals surface area contributed by atoms with E-state index in [2.05, 4.69) is 31.9 Å². The van der Waals surface area contributed by atoms with Crippen molar-refractivity contribution in [1.82, 2.24) is 0 Å². The Bertz CT molecular complexity index is 584. The first kappa shape index (κ1) is 13.7. The number of aryl methyl sites for hydroxylation is 1. The second kappa shape index (κ2) is 5.51. The molecule has 4 heteroatoms. The fraction of sp³-hybridized carbons (Fsp3) is 0.143. The summed E-state index contributed by atoms with van der Waals surface area (Å²) in [6, 6.07) is 10.3. The van der Waals surface area contributed by atoms with Crippen molar-refractivity contribution in [2.45, 2.75) is 13.0 Å². The lowest BCUT2D eigenvalue weighted by atomic mass is 10.00. The molecule has 0 saturated heterocycles. The molecular weight excluding hydrogens is 363 g/mol. The normalized spacial score (nSPS) is 12.5. The lowest BCUT2D eigenvalue weighted by molar-refractivity contribution is 0.214. The van der Waals surface area contributed by atoms with E-state index in [0.29, 0.717) is 5.56 Å². The van der Waals surface area contributed by atoms with E-state index in [-0.39, 0.29) is 5.56 Å². The van der Waals surface area contributed by atoms with Gasteiger partial charge in [0.05, 0.1) is 0 Å². The van der Waals surface area contributed by atoms with Crippen molar-refractivity contribution in [2.75, 3.05) is 0 Å². The summed E-state index contributed by atoms with van der Waals surface area (Å²) in [5.41, 5.74) is 1.74. The van der Waals surface area contributed by atoms with Gasteiger partial charge in [-0.2, -0.15) is 0 Å². The van der Waals surface area contributed by atoms with Crippen LogP contribution in [0.5, 0.6) is 0 Å². The molecule has 94 valence electrons. The number of halogens is 3. The minimum Gasteiger partial charge on any atom is -0.384 e. The second-order valence-electron chi connectivity index (χ2n) is 4.09. The summed E-state index contributed by atoms with van der Waals surface area (Å²) in [6.45, 7) is 1.81. The summed E-state index contributed by atoms with van der Waals surface area (Å²) >= 11 is 6.71. The van der Waals surface area contributed by atoms with Crippen molar-refractivity contribution >= 4 is 31.9 Å². The smallest absolute Gasteiger partial charge is 0.129 e. The highest BCUT2D eigenvalue weighted by atomic mass is 79.9. The predicted molar refractivity (Wildman–Crippen MR) is 77.0 cm³/mol. The maximum Gasteiger partial charge on any atom is 0.129 e. The molecule has 18 heavy (non-hydrogen) atoms. The van der Waals surface area contributed by atoms with Crippen LogP contribution >= 0.6 is 31.9 Å². The Morgan fingerprint density at radius 2 is 1.78 bits per heavy atom. The van der Waals surface area contributed by atoms with Crippen LogP contribution in [-0.2, 0) is 0 Å². The molecule has 0 amide bonds. The van der Waals surface area contributed by atoms with Crippen LogP contribution in [0.25, 0.3) is 0 Å². The van der Waals surface area contributed by atoms with Gasteiger partial charge in [0.1, 0.15) is 11.9 Å². The predicted octanol–water partition coefficient (Wildman–Crippen LogP) is 4.74. The van der Waals surface area contributed by atoms with E-state index in [1.165, 1.54) is 6.07 Å². The molecule has 1 N–H and O–H groups in total. The highest BCUT2D eigenvalue weighted by Gasteiger charge is 2.17. The van der Waals surface area contributed by atoms with Gasteiger partial charge in [0.2, 0.25) is 0 Å². The number of aliphatic hydroxyl groups excluding tert-OH is 1. The van der Waals surface area contributed by atoms with Crippen LogP contribution in [0, 0.1) is 12.7 Å². The molecule has 0 aromatic heterocycles. The minimum atomic E-state index is -0.988. The minimum absolute atomic E-state index is 0.277. The second-order valence-corrected chi connectivity index (χ2v) is 5.86. The molecule has 1 atom stereocenters. The van der Waals surface area contributed by atoms with Crippen LogP contribution in [0.15, 0.2) is 45.3 Å². The van der Waals surface area contributed by atoms with Crippen molar-refractivity contribution in [3.8, 4) is 0 Å². The first-order valence-corrected chi connectivity index (χ1v) is 6.96. The van der Waals surface area contributed by atoms with E-state index in [1.54, 1.807) is 18.2 Å². The Morgan fingerprint density at radius 1 is 1.06 bits per heavy atom. The molecule has 2 aromatic rings. The largest absolute Gasteiger partial charge is 0.384 e. The van der Waals surface area contributed by atoms with Crippen molar-refractivity contribution in [3.63, 3.8) is 0 Å². The lowest BCUT2D eigenvalue weighted by Crippen LogP contribution is -2.03. The Kier molecular flexibility index (Phi) is 4.20. The van der Waals surface area contributed by atoms with Crippen molar-refractivity contribution < 1.29 is 9.50 Å². The fourth-order valence-corrected chi connectivity index (χ4v) is 2.59. The Hall–Kier alpha value is -0.710. The molecule has 0 aliphatic carbocycles. The number of benzene rings is 2. The summed E-state index contributed by atoms with van der Waals surface area (Å²) in [5.74, 6) is -0.394. The highest BCUT2D eigenvalue weighted by Crippen LogP contribution is 2.32. The zero-order chi connectivity index (χ0) is 13.3. The molecule has 0 aliphatic heterocycles. The zero-order valence-corrected chi connectivity index (χ0v) is 12.8. The highest BCUT2D eigenvalue weighted by molar-refractivity contribution is 9.11. The third kappa shape index (κ3) is 2.82. The van der Waals surface area contributed by atoms with Gasteiger partial charge in [0.15, 0.2) is 0 Å². The molecular formula is C14H11Br2FO. The van der Waals surface area contributed by atoms with Gasteiger partial charge in [-0.3, -0.25) is 0 Å². The van der Waals surface area contributed by atoms with E-state index < -0.39 is 11.9 Å². The third-order valence-corrected chi connectivity index (χ3v) is 3.92. The summed E-state index contributed by atoms with van der Waals surface area (Å²) in [5, 5.41) is 10.3. The fourth-order valence-electron chi connectivity index (χ4n) is 1.75. The van der Waals surface area contributed by atoms with Crippen LogP contribution in [-0.4, -0.2) is 5.11 Å². The molecule has 1 nitrogen and oxygen atoms in total. The Labute approximate surface area is 122 Å². The van der Waals surface area contributed by atoms with Crippen LogP contribution in [0.2, 0.25) is 0 Å². The average molecular weight is 374 g/mol. The molecule has 1 unspecified atom stereocenters. The van der Waals surface area contributed by atoms with Crippen molar-refractivity contribution in [2.24, 2.45) is 0 Å². The molecule has 0 aliphatic rings. The SMILES string of the molecule is Cc1ccc(C(O)c2cc(Br)ccc2Br)c(F)c1. The summed E-state index contributed by atoms with van der Waals surface area (Å²) in [7, 11) is 0. The first-order chi connectivity index (χ1) is 8.49. The van der Waals surface area contributed by atoms with Crippen LogP contribution < -0.4 is 0 Å². The molecule has 2 rings (SSSR count). The van der Waals surface area contributed by atoms with Crippen LogP contribution in [0.3, 0.4) is 0 Å². The summed E-state index contributed by atoms with van der Waals surface area (Å²) in [4.78, 5) is 0. The van der Waals surface area contributed by atoms with Crippen LogP contribution in [0.1, 0.15) is 22.8 Å². The zero-order valence-electron chi connectivity index (χ0n) is 9.62. The van der Waals surface area contributed by atoms with Gasteiger partial charge >= 0.3 is 0 Å². The average Bonchev–Trinajstić information content (AvgIpc) is 2.31. The Morgan fingerprint density at radius 3 is 2.44 bits per heavy atom. The van der Waals surface area contributed by atoms with E-state index in [1.807, 2.05) is 19.1 Å². The topological polar surface area (TPSA) is 20.2 Å². The standard InChI is InChI=1S/C14H11Br2FO/c1-8-2-4-10(13(17)6-8)14(18)11-7-9(15)3-5-12(11)16/h2-7,14,18H,1H3. The van der Waals surface area contributed by atoms with E-state index in [9.17, 15) is 9.50 Å². The van der Waals surface area contributed by atoms with Gasteiger partial charge in [0.25, 0.3) is 0 Å². The van der Waals surface area contributed by atoms with E-state index in [0.717, 1.165) is 14.5 Å². The third-order valence-electron chi connectivity index (χ3n) is 2.70. The molecule has 0 radical (unpaired) electrons. The molecule has 0 spiro atoms.